The minimum atomic E-state index is -0.222. The second-order valence-corrected chi connectivity index (χ2v) is 12.7. The van der Waals surface area contributed by atoms with E-state index < -0.39 is 0 Å². The molecule has 8 nitrogen and oxygen atoms in total. The normalized spacial score (nSPS) is 12.0. The predicted octanol–water partition coefficient (Wildman–Crippen LogP) is 9.08. The summed E-state index contributed by atoms with van der Waals surface area (Å²) in [5.41, 5.74) is 7.68. The molecule has 0 bridgehead atoms. The predicted molar refractivity (Wildman–Crippen MR) is 187 cm³/mol. The molecule has 4 heterocycles. The molecule has 0 fully saturated rings. The van der Waals surface area contributed by atoms with E-state index in [1.165, 1.54) is 11.1 Å². The van der Waals surface area contributed by atoms with Gasteiger partial charge in [0.05, 0.1) is 22.4 Å². The molecule has 0 aliphatic heterocycles. The fourth-order valence-corrected chi connectivity index (χ4v) is 6.41. The molecule has 4 aromatic heterocycles. The average Bonchev–Trinajstić information content (AvgIpc) is 3.50. The molecule has 0 saturated carbocycles. The van der Waals surface area contributed by atoms with Crippen molar-refractivity contribution in [1.29, 1.82) is 0 Å². The van der Waals surface area contributed by atoms with E-state index in [2.05, 4.69) is 60.4 Å². The molecule has 0 spiro atoms. The van der Waals surface area contributed by atoms with Crippen molar-refractivity contribution >= 4 is 43.9 Å². The number of rotatable bonds is 6. The largest absolute Gasteiger partial charge is 0.457 e. The Hall–Kier alpha value is -5.76. The maximum Gasteiger partial charge on any atom is 0.158 e. The highest BCUT2D eigenvalue weighted by Gasteiger charge is 2.23. The summed E-state index contributed by atoms with van der Waals surface area (Å²) in [7, 11) is 3.84. The van der Waals surface area contributed by atoms with Gasteiger partial charge in [0.2, 0.25) is 0 Å². The number of ether oxygens (including phenoxy) is 2. The Morgan fingerprint density at radius 2 is 0.894 bits per heavy atom. The lowest BCUT2D eigenvalue weighted by molar-refractivity contribution is 0.482. The Kier molecular flexibility index (Phi) is 6.51. The maximum atomic E-state index is 6.26. The summed E-state index contributed by atoms with van der Waals surface area (Å²) in [5.74, 6) is 3.10. The van der Waals surface area contributed by atoms with Crippen molar-refractivity contribution in [2.24, 2.45) is 14.1 Å². The lowest BCUT2D eigenvalue weighted by Crippen LogP contribution is -2.18. The van der Waals surface area contributed by atoms with Crippen molar-refractivity contribution in [2.45, 2.75) is 33.1 Å². The van der Waals surface area contributed by atoms with Gasteiger partial charge in [0.25, 0.3) is 0 Å². The van der Waals surface area contributed by atoms with Crippen LogP contribution in [0.1, 0.15) is 36.4 Å². The Bertz CT molecular complexity index is 2300. The summed E-state index contributed by atoms with van der Waals surface area (Å²) in [6, 6.07) is 32.9. The standard InChI is InChI=1S/C39H34N6O2/c1-23-33-21-25-19-31(15-17-35(25)40-37(33)44(5)42-23)46-29-11-7-27(8-12-29)39(3,4)28-9-13-30(14-10-28)47-32-16-18-36-26(20-32)22-34-24(2)43-45(6)38(34)41-36/h7-22H,1-6H3. The number of fused-ring (bicyclic) bond motifs is 4. The topological polar surface area (TPSA) is 79.9 Å². The number of aromatic nitrogens is 6. The van der Waals surface area contributed by atoms with Crippen LogP contribution in [0, 0.1) is 13.8 Å². The van der Waals surface area contributed by atoms with E-state index in [1.807, 2.05) is 98.0 Å². The van der Waals surface area contributed by atoms with E-state index >= 15 is 0 Å². The fraction of sp³-hybridized carbons (Fsp3) is 0.179. The maximum absolute atomic E-state index is 6.26. The van der Waals surface area contributed by atoms with Crippen LogP contribution in [0.5, 0.6) is 23.0 Å². The molecule has 0 N–H and O–H groups in total. The molecular formula is C39H34N6O2. The van der Waals surface area contributed by atoms with Gasteiger partial charge in [0.1, 0.15) is 23.0 Å². The van der Waals surface area contributed by atoms with Crippen molar-refractivity contribution in [2.75, 3.05) is 0 Å². The first kappa shape index (κ1) is 28.7. The van der Waals surface area contributed by atoms with Gasteiger partial charge in [-0.3, -0.25) is 9.36 Å². The summed E-state index contributed by atoms with van der Waals surface area (Å²) in [6.07, 6.45) is 0. The monoisotopic (exact) mass is 618 g/mol. The third kappa shape index (κ3) is 5.02. The first-order chi connectivity index (χ1) is 22.6. The van der Waals surface area contributed by atoms with Crippen LogP contribution in [0.15, 0.2) is 97.1 Å². The number of hydrogen-bond acceptors (Lipinski definition) is 6. The van der Waals surface area contributed by atoms with Crippen molar-refractivity contribution < 1.29 is 9.47 Å². The van der Waals surface area contributed by atoms with Gasteiger partial charge in [-0.1, -0.05) is 38.1 Å². The number of aryl methyl sites for hydroxylation is 4. The molecule has 0 unspecified atom stereocenters. The molecule has 8 aromatic rings. The molecule has 232 valence electrons. The van der Waals surface area contributed by atoms with Crippen LogP contribution in [0.4, 0.5) is 0 Å². The van der Waals surface area contributed by atoms with Crippen LogP contribution in [-0.4, -0.2) is 29.5 Å². The van der Waals surface area contributed by atoms with Gasteiger partial charge in [0, 0.05) is 41.1 Å². The van der Waals surface area contributed by atoms with E-state index in [4.69, 9.17) is 19.4 Å². The van der Waals surface area contributed by atoms with E-state index in [0.29, 0.717) is 0 Å². The third-order valence-corrected chi connectivity index (χ3v) is 9.15. The molecule has 0 radical (unpaired) electrons. The van der Waals surface area contributed by atoms with Gasteiger partial charge in [-0.2, -0.15) is 10.2 Å². The molecule has 4 aromatic carbocycles. The van der Waals surface area contributed by atoms with Gasteiger partial charge < -0.3 is 9.47 Å². The average molecular weight is 619 g/mol. The van der Waals surface area contributed by atoms with Gasteiger partial charge in [-0.15, -0.1) is 0 Å². The molecule has 0 atom stereocenters. The lowest BCUT2D eigenvalue weighted by atomic mass is 9.78. The van der Waals surface area contributed by atoms with Crippen LogP contribution in [-0.2, 0) is 19.5 Å². The highest BCUT2D eigenvalue weighted by Crippen LogP contribution is 2.36. The highest BCUT2D eigenvalue weighted by atomic mass is 16.5. The Labute approximate surface area is 272 Å². The van der Waals surface area contributed by atoms with E-state index in [0.717, 1.165) is 78.3 Å². The van der Waals surface area contributed by atoms with Gasteiger partial charge in [-0.05, 0) is 97.8 Å². The first-order valence-electron chi connectivity index (χ1n) is 15.7. The Morgan fingerprint density at radius 3 is 1.30 bits per heavy atom. The lowest BCUT2D eigenvalue weighted by Gasteiger charge is -2.26. The van der Waals surface area contributed by atoms with Gasteiger partial charge in [-0.25, -0.2) is 9.97 Å². The second-order valence-electron chi connectivity index (χ2n) is 12.7. The van der Waals surface area contributed by atoms with Crippen LogP contribution < -0.4 is 9.47 Å². The molecule has 0 amide bonds. The summed E-state index contributed by atoms with van der Waals surface area (Å²) in [6.45, 7) is 8.47. The number of pyridine rings is 2. The number of nitrogens with zero attached hydrogens (tertiary/aromatic N) is 6. The Balaban J connectivity index is 0.979. The molecule has 0 aliphatic carbocycles. The second kappa shape index (κ2) is 10.7. The zero-order chi connectivity index (χ0) is 32.4. The van der Waals surface area contributed by atoms with Gasteiger partial charge >= 0.3 is 0 Å². The SMILES string of the molecule is Cc1nn(C)c2nc3ccc(Oc4ccc(C(C)(C)c5ccc(Oc6ccc7nc8c(cc7c6)c(C)nn8C)cc5)cc4)cc3cc12. The van der Waals surface area contributed by atoms with Crippen molar-refractivity contribution in [1.82, 2.24) is 29.5 Å². The summed E-state index contributed by atoms with van der Waals surface area (Å²) in [4.78, 5) is 9.59. The molecule has 0 saturated heterocycles. The first-order valence-corrected chi connectivity index (χ1v) is 15.7. The Morgan fingerprint density at radius 1 is 0.511 bits per heavy atom. The van der Waals surface area contributed by atoms with Gasteiger partial charge in [0.15, 0.2) is 11.3 Å². The fourth-order valence-electron chi connectivity index (χ4n) is 6.41. The zero-order valence-electron chi connectivity index (χ0n) is 27.2. The summed E-state index contributed by atoms with van der Waals surface area (Å²) < 4.78 is 16.2. The number of hydrogen-bond donors (Lipinski definition) is 0. The molecular weight excluding hydrogens is 584 g/mol. The minimum Gasteiger partial charge on any atom is -0.457 e. The minimum absolute atomic E-state index is 0.222. The van der Waals surface area contributed by atoms with Crippen LogP contribution in [0.3, 0.4) is 0 Å². The summed E-state index contributed by atoms with van der Waals surface area (Å²) in [5, 5.41) is 13.2. The highest BCUT2D eigenvalue weighted by molar-refractivity contribution is 5.94. The quantitative estimate of drug-likeness (QED) is 0.185. The smallest absolute Gasteiger partial charge is 0.158 e. The molecule has 8 rings (SSSR count). The van der Waals surface area contributed by atoms with E-state index in [1.54, 1.807) is 0 Å². The van der Waals surface area contributed by atoms with E-state index in [-0.39, 0.29) is 5.41 Å². The van der Waals surface area contributed by atoms with Crippen LogP contribution in [0.25, 0.3) is 43.9 Å². The van der Waals surface area contributed by atoms with Crippen molar-refractivity contribution in [3.05, 3.63) is 120 Å². The molecule has 0 aliphatic rings. The van der Waals surface area contributed by atoms with Crippen LogP contribution >= 0.6 is 0 Å². The summed E-state index contributed by atoms with van der Waals surface area (Å²) >= 11 is 0. The van der Waals surface area contributed by atoms with Crippen molar-refractivity contribution in [3.8, 4) is 23.0 Å². The third-order valence-electron chi connectivity index (χ3n) is 9.15. The zero-order valence-corrected chi connectivity index (χ0v) is 27.2. The van der Waals surface area contributed by atoms with E-state index in [9.17, 15) is 0 Å². The molecule has 47 heavy (non-hydrogen) atoms. The van der Waals surface area contributed by atoms with Crippen molar-refractivity contribution in [3.63, 3.8) is 0 Å². The number of benzene rings is 4. The molecule has 8 heteroatoms. The van der Waals surface area contributed by atoms with Crippen LogP contribution in [0.2, 0.25) is 0 Å².